The molecule has 56 heavy (non-hydrogen) atoms. The fourth-order valence-corrected chi connectivity index (χ4v) is 8.02. The smallest absolute Gasteiger partial charge is 0.448 e. The van der Waals surface area contributed by atoms with Crippen LogP contribution in [0.1, 0.15) is 65.2 Å². The summed E-state index contributed by atoms with van der Waals surface area (Å²) in [5.74, 6) is -3.70. The molecule has 0 saturated carbocycles. The molecule has 3 aromatic rings. The van der Waals surface area contributed by atoms with E-state index in [2.05, 4.69) is 5.32 Å². The van der Waals surface area contributed by atoms with Crippen LogP contribution >= 0.6 is 0 Å². The number of rotatable bonds is 8. The van der Waals surface area contributed by atoms with E-state index < -0.39 is 75.4 Å². The quantitative estimate of drug-likeness (QED) is 0.0915. The summed E-state index contributed by atoms with van der Waals surface area (Å²) in [6.07, 6.45) is -1.30. The van der Waals surface area contributed by atoms with Crippen molar-refractivity contribution < 1.29 is 51.5 Å². The molecule has 3 aromatic carbocycles. The number of amides is 3. The van der Waals surface area contributed by atoms with Crippen LogP contribution < -0.4 is 15.0 Å². The molecule has 3 atom stereocenters. The Morgan fingerprint density at radius 2 is 1.50 bits per heavy atom. The van der Waals surface area contributed by atoms with Crippen LogP contribution in [-0.2, 0) is 39.4 Å². The number of nitrogens with zero attached hydrogens (tertiary/aromatic N) is 2. The molecule has 15 heteroatoms. The van der Waals surface area contributed by atoms with E-state index in [-0.39, 0.29) is 47.0 Å². The Bertz CT molecular complexity index is 2100. The predicted molar refractivity (Wildman–Crippen MR) is 203 cm³/mol. The molecule has 3 aliphatic rings. The topological polar surface area (TPSA) is 158 Å². The maximum absolute atomic E-state index is 15.1. The lowest BCUT2D eigenvalue weighted by atomic mass is 10.00. The van der Waals surface area contributed by atoms with E-state index in [1.807, 2.05) is 12.1 Å². The highest BCUT2D eigenvalue weighted by molar-refractivity contribution is 7.86. The molecule has 3 unspecified atom stereocenters. The van der Waals surface area contributed by atoms with Crippen molar-refractivity contribution in [1.29, 1.82) is 0 Å². The molecule has 294 valence electrons. The standard InChI is InChI=1S/C41H42FN3O10S/c1-40(2,3)54-38(49)43-31-35(47)45-32(37(48)53-33(24-13-9-7-10-14-24)25-15-11-8-12-16-25)27(23-56(51)36(31)45)21-26-19-20-44(34(26)46)28-17-18-30(29(42)22-28)52-39(50)55-41(4,5)6/h7-18,21-22,31,33,36H,19-20,23H2,1-6H3,(H,43,49)/b26-21+. The van der Waals surface area contributed by atoms with Crippen LogP contribution in [0.2, 0.25) is 0 Å². The van der Waals surface area contributed by atoms with Gasteiger partial charge in [0.25, 0.3) is 11.8 Å². The van der Waals surface area contributed by atoms with E-state index in [1.54, 1.807) is 90.1 Å². The average molecular weight is 788 g/mol. The summed E-state index contributed by atoms with van der Waals surface area (Å²) in [4.78, 5) is 69.1. The van der Waals surface area contributed by atoms with Crippen LogP contribution in [0.4, 0.5) is 19.7 Å². The second-order valence-corrected chi connectivity index (χ2v) is 16.8. The summed E-state index contributed by atoms with van der Waals surface area (Å²) in [5, 5.41) is 1.37. The summed E-state index contributed by atoms with van der Waals surface area (Å²) in [6.45, 7) is 10.0. The highest BCUT2D eigenvalue weighted by Gasteiger charge is 2.58. The molecule has 0 bridgehead atoms. The first-order valence-electron chi connectivity index (χ1n) is 17.9. The number of benzene rings is 3. The third-order valence-corrected chi connectivity index (χ3v) is 10.4. The van der Waals surface area contributed by atoms with Crippen LogP contribution in [0, 0.1) is 5.82 Å². The molecule has 2 fully saturated rings. The van der Waals surface area contributed by atoms with Gasteiger partial charge in [0.1, 0.15) is 28.3 Å². The van der Waals surface area contributed by atoms with Gasteiger partial charge < -0.3 is 29.2 Å². The van der Waals surface area contributed by atoms with Gasteiger partial charge >= 0.3 is 18.2 Å². The molecule has 3 heterocycles. The fraction of sp³-hybridized carbons (Fsp3) is 0.341. The molecule has 6 rings (SSSR count). The van der Waals surface area contributed by atoms with Gasteiger partial charge in [-0.15, -0.1) is 0 Å². The van der Waals surface area contributed by atoms with Gasteiger partial charge in [0.05, 0.1) is 16.6 Å². The SMILES string of the molecule is CC(C)(C)OC(=O)NC1C(=O)N2C(C(=O)OC(c3ccccc3)c3ccccc3)=C(/C=C3\CCN(c4ccc(OC(=O)OC(C)(C)C)c(F)c4)C3=O)CS(=O)C12. The molecule has 0 radical (unpaired) electrons. The first kappa shape index (κ1) is 39.9. The Morgan fingerprint density at radius 1 is 0.893 bits per heavy atom. The van der Waals surface area contributed by atoms with Crippen molar-refractivity contribution in [2.24, 2.45) is 0 Å². The average Bonchev–Trinajstić information content (AvgIpc) is 3.48. The van der Waals surface area contributed by atoms with Gasteiger partial charge in [-0.25, -0.2) is 18.8 Å². The van der Waals surface area contributed by atoms with Gasteiger partial charge in [0.2, 0.25) is 0 Å². The van der Waals surface area contributed by atoms with E-state index >= 15 is 4.39 Å². The minimum absolute atomic E-state index is 0.117. The molecule has 13 nitrogen and oxygen atoms in total. The summed E-state index contributed by atoms with van der Waals surface area (Å²) < 4.78 is 50.5. The highest BCUT2D eigenvalue weighted by Crippen LogP contribution is 2.39. The van der Waals surface area contributed by atoms with E-state index in [0.717, 1.165) is 11.0 Å². The van der Waals surface area contributed by atoms with Crippen molar-refractivity contribution in [2.45, 2.75) is 76.7 Å². The third-order valence-electron chi connectivity index (χ3n) is 8.73. The molecular formula is C41H42FN3O10S. The number of carbonyl (C=O) groups excluding carboxylic acids is 5. The Kier molecular flexibility index (Phi) is 11.2. The van der Waals surface area contributed by atoms with Crippen molar-refractivity contribution in [1.82, 2.24) is 10.2 Å². The lowest BCUT2D eigenvalue weighted by Gasteiger charge is -2.49. The lowest BCUT2D eigenvalue weighted by molar-refractivity contribution is -0.153. The van der Waals surface area contributed by atoms with E-state index in [9.17, 15) is 28.2 Å². The summed E-state index contributed by atoms with van der Waals surface area (Å²) in [6, 6.07) is 20.4. The molecule has 3 amide bonds. The number of carbonyl (C=O) groups is 5. The van der Waals surface area contributed by atoms with E-state index in [1.165, 1.54) is 23.1 Å². The van der Waals surface area contributed by atoms with Crippen molar-refractivity contribution in [2.75, 3.05) is 17.2 Å². The maximum atomic E-state index is 15.1. The number of nitrogens with one attached hydrogen (secondary N) is 1. The number of anilines is 1. The minimum atomic E-state index is -1.85. The largest absolute Gasteiger partial charge is 0.514 e. The summed E-state index contributed by atoms with van der Waals surface area (Å²) in [7, 11) is -1.85. The predicted octanol–water partition coefficient (Wildman–Crippen LogP) is 6.21. The fourth-order valence-electron chi connectivity index (χ4n) is 6.39. The zero-order chi connectivity index (χ0) is 40.5. The second-order valence-electron chi connectivity index (χ2n) is 15.3. The monoisotopic (exact) mass is 787 g/mol. The number of allylic oxidation sites excluding steroid dienone is 1. The van der Waals surface area contributed by atoms with Gasteiger partial charge in [-0.3, -0.25) is 18.7 Å². The first-order valence-corrected chi connectivity index (χ1v) is 19.2. The number of halogens is 1. The Labute approximate surface area is 325 Å². The van der Waals surface area contributed by atoms with Crippen LogP contribution in [0.25, 0.3) is 0 Å². The Balaban J connectivity index is 1.32. The Hall–Kier alpha value is -5.83. The second kappa shape index (κ2) is 15.7. The van der Waals surface area contributed by atoms with Gasteiger partial charge in [0, 0.05) is 23.9 Å². The zero-order valence-electron chi connectivity index (χ0n) is 31.7. The van der Waals surface area contributed by atoms with Gasteiger partial charge in [-0.1, -0.05) is 60.7 Å². The molecule has 3 aliphatic heterocycles. The van der Waals surface area contributed by atoms with Crippen LogP contribution in [0.15, 0.2) is 102 Å². The summed E-state index contributed by atoms with van der Waals surface area (Å²) in [5.41, 5.74) is -0.144. The van der Waals surface area contributed by atoms with Gasteiger partial charge in [0.15, 0.2) is 17.7 Å². The van der Waals surface area contributed by atoms with Gasteiger partial charge in [-0.2, -0.15) is 0 Å². The molecule has 0 spiro atoms. The number of alkyl carbamates (subject to hydrolysis) is 1. The van der Waals surface area contributed by atoms with Crippen molar-refractivity contribution in [3.05, 3.63) is 119 Å². The van der Waals surface area contributed by atoms with Crippen molar-refractivity contribution in [3.8, 4) is 5.75 Å². The molecular weight excluding hydrogens is 746 g/mol. The van der Waals surface area contributed by atoms with Crippen LogP contribution in [-0.4, -0.2) is 74.1 Å². The number of ether oxygens (including phenoxy) is 4. The third kappa shape index (κ3) is 8.83. The minimum Gasteiger partial charge on any atom is -0.448 e. The maximum Gasteiger partial charge on any atom is 0.514 e. The highest BCUT2D eigenvalue weighted by atomic mass is 32.2. The summed E-state index contributed by atoms with van der Waals surface area (Å²) >= 11 is 0. The van der Waals surface area contributed by atoms with E-state index in [4.69, 9.17) is 18.9 Å². The number of β-lactam (4-membered cyclic amide) rings is 1. The van der Waals surface area contributed by atoms with Crippen molar-refractivity contribution in [3.63, 3.8) is 0 Å². The molecule has 0 aromatic heterocycles. The van der Waals surface area contributed by atoms with Crippen molar-refractivity contribution >= 4 is 46.5 Å². The Morgan fingerprint density at radius 3 is 2.07 bits per heavy atom. The zero-order valence-corrected chi connectivity index (χ0v) is 32.5. The number of fused-ring (bicyclic) bond motifs is 1. The first-order chi connectivity index (χ1) is 26.4. The number of esters is 1. The number of hydrogen-bond acceptors (Lipinski definition) is 10. The normalized spacial score (nSPS) is 20.4. The number of hydrogen-bond donors (Lipinski definition) is 1. The lowest BCUT2D eigenvalue weighted by Crippen LogP contribution is -2.73. The molecule has 1 N–H and O–H groups in total. The van der Waals surface area contributed by atoms with E-state index in [0.29, 0.717) is 11.1 Å². The van der Waals surface area contributed by atoms with Crippen LogP contribution in [0.3, 0.4) is 0 Å². The van der Waals surface area contributed by atoms with Crippen LogP contribution in [0.5, 0.6) is 5.75 Å². The van der Waals surface area contributed by atoms with Gasteiger partial charge in [-0.05, 0) is 82.9 Å². The molecule has 0 aliphatic carbocycles. The molecule has 2 saturated heterocycles.